The van der Waals surface area contributed by atoms with E-state index >= 15 is 0 Å². The van der Waals surface area contributed by atoms with Crippen LogP contribution in [0.3, 0.4) is 0 Å². The fourth-order valence-electron chi connectivity index (χ4n) is 5.47. The molecule has 0 spiro atoms. The SMILES string of the molecule is COc1cc(C(=O)N2CCC(N3CCOCC3)CC2)cnc1Nc1nc(C2CC2)c2c(C(F)(F)F)c[nH]c2n1. The summed E-state index contributed by atoms with van der Waals surface area (Å²) in [4.78, 5) is 33.2. The molecule has 2 saturated heterocycles. The Kier molecular flexibility index (Phi) is 6.79. The Morgan fingerprint density at radius 1 is 1.13 bits per heavy atom. The summed E-state index contributed by atoms with van der Waals surface area (Å²) in [6.07, 6.45) is 1.26. The Bertz CT molecular complexity index is 1360. The molecular formula is C26H30F3N7O3. The van der Waals surface area contributed by atoms with Gasteiger partial charge < -0.3 is 24.7 Å². The van der Waals surface area contributed by atoms with Gasteiger partial charge in [-0.3, -0.25) is 9.69 Å². The van der Waals surface area contributed by atoms with Crippen molar-refractivity contribution in [3.8, 4) is 5.75 Å². The van der Waals surface area contributed by atoms with Gasteiger partial charge in [-0.1, -0.05) is 0 Å². The zero-order chi connectivity index (χ0) is 27.1. The van der Waals surface area contributed by atoms with Crippen LogP contribution in [0.1, 0.15) is 53.2 Å². The molecule has 2 N–H and O–H groups in total. The number of aromatic nitrogens is 4. The van der Waals surface area contributed by atoms with E-state index in [1.165, 1.54) is 13.3 Å². The van der Waals surface area contributed by atoms with Gasteiger partial charge in [0.25, 0.3) is 5.91 Å². The van der Waals surface area contributed by atoms with Crippen molar-refractivity contribution in [1.82, 2.24) is 29.7 Å². The highest BCUT2D eigenvalue weighted by atomic mass is 19.4. The van der Waals surface area contributed by atoms with E-state index in [9.17, 15) is 18.0 Å². The average molecular weight is 546 g/mol. The van der Waals surface area contributed by atoms with Crippen molar-refractivity contribution >= 4 is 28.7 Å². The number of piperidine rings is 1. The smallest absolute Gasteiger partial charge is 0.418 e. The number of carbonyl (C=O) groups excluding carboxylic acids is 1. The Balaban J connectivity index is 1.19. The molecule has 208 valence electrons. The van der Waals surface area contributed by atoms with E-state index in [0.717, 1.165) is 58.2 Å². The molecule has 3 aliphatic rings. The van der Waals surface area contributed by atoms with Crippen molar-refractivity contribution in [2.45, 2.75) is 43.8 Å². The highest BCUT2D eigenvalue weighted by molar-refractivity contribution is 5.95. The van der Waals surface area contributed by atoms with Crippen molar-refractivity contribution in [1.29, 1.82) is 0 Å². The van der Waals surface area contributed by atoms with E-state index in [1.54, 1.807) is 6.07 Å². The lowest BCUT2D eigenvalue weighted by molar-refractivity contribution is -0.136. The molecule has 0 bridgehead atoms. The predicted octanol–water partition coefficient (Wildman–Crippen LogP) is 3.94. The van der Waals surface area contributed by atoms with Crippen molar-refractivity contribution < 1.29 is 27.4 Å². The van der Waals surface area contributed by atoms with Crippen LogP contribution in [0.2, 0.25) is 0 Å². The quantitative estimate of drug-likeness (QED) is 0.480. The van der Waals surface area contributed by atoms with E-state index in [1.807, 2.05) is 4.90 Å². The number of likely N-dealkylation sites (tertiary alicyclic amines) is 1. The molecule has 3 fully saturated rings. The van der Waals surface area contributed by atoms with Gasteiger partial charge in [0.15, 0.2) is 11.6 Å². The summed E-state index contributed by atoms with van der Waals surface area (Å²) in [5, 5.41) is 2.98. The molecule has 0 unspecified atom stereocenters. The minimum Gasteiger partial charge on any atom is -0.493 e. The van der Waals surface area contributed by atoms with Crippen LogP contribution in [0.25, 0.3) is 11.0 Å². The van der Waals surface area contributed by atoms with Gasteiger partial charge in [0.05, 0.1) is 42.5 Å². The maximum atomic E-state index is 13.5. The first kappa shape index (κ1) is 25.8. The molecule has 13 heteroatoms. The van der Waals surface area contributed by atoms with Gasteiger partial charge >= 0.3 is 6.18 Å². The molecule has 6 rings (SSSR count). The largest absolute Gasteiger partial charge is 0.493 e. The van der Waals surface area contributed by atoms with Crippen molar-refractivity contribution in [3.05, 3.63) is 35.3 Å². The second kappa shape index (κ2) is 10.3. The number of hydrogen-bond acceptors (Lipinski definition) is 8. The number of anilines is 2. The lowest BCUT2D eigenvalue weighted by atomic mass is 10.0. The topological polar surface area (TPSA) is 109 Å². The van der Waals surface area contributed by atoms with Gasteiger partial charge in [-0.05, 0) is 31.7 Å². The number of morpholine rings is 1. The fraction of sp³-hybridized carbons (Fsp3) is 0.538. The number of aromatic amines is 1. The van der Waals surface area contributed by atoms with Crippen molar-refractivity contribution in [2.75, 3.05) is 51.8 Å². The first-order chi connectivity index (χ1) is 18.8. The van der Waals surface area contributed by atoms with Crippen LogP contribution in [0.5, 0.6) is 5.75 Å². The Morgan fingerprint density at radius 2 is 1.87 bits per heavy atom. The zero-order valence-electron chi connectivity index (χ0n) is 21.6. The summed E-state index contributed by atoms with van der Waals surface area (Å²) in [6, 6.07) is 2.07. The van der Waals surface area contributed by atoms with Crippen molar-refractivity contribution in [3.63, 3.8) is 0 Å². The number of halogens is 3. The van der Waals surface area contributed by atoms with Gasteiger partial charge in [-0.25, -0.2) is 9.97 Å². The molecule has 2 aliphatic heterocycles. The Morgan fingerprint density at radius 3 is 2.54 bits per heavy atom. The summed E-state index contributed by atoms with van der Waals surface area (Å²) >= 11 is 0. The summed E-state index contributed by atoms with van der Waals surface area (Å²) < 4.78 is 51.6. The van der Waals surface area contributed by atoms with Crippen LogP contribution in [0, 0.1) is 0 Å². The third kappa shape index (κ3) is 5.24. The normalized spacial score (nSPS) is 19.4. The second-order valence-electron chi connectivity index (χ2n) is 10.2. The Labute approximate surface area is 222 Å². The summed E-state index contributed by atoms with van der Waals surface area (Å²) in [5.74, 6) is 0.518. The number of amides is 1. The van der Waals surface area contributed by atoms with Crippen LogP contribution in [-0.4, -0.2) is 88.2 Å². The number of hydrogen-bond donors (Lipinski definition) is 2. The molecule has 0 radical (unpaired) electrons. The van der Waals surface area contributed by atoms with Crippen LogP contribution in [0.4, 0.5) is 24.9 Å². The monoisotopic (exact) mass is 545 g/mol. The number of nitrogens with zero attached hydrogens (tertiary/aromatic N) is 5. The third-order valence-electron chi connectivity index (χ3n) is 7.69. The van der Waals surface area contributed by atoms with Crippen LogP contribution < -0.4 is 10.1 Å². The highest BCUT2D eigenvalue weighted by Gasteiger charge is 2.38. The number of ether oxygens (including phenoxy) is 2. The molecule has 39 heavy (non-hydrogen) atoms. The number of pyridine rings is 1. The maximum absolute atomic E-state index is 13.5. The van der Waals surface area contributed by atoms with E-state index in [0.29, 0.717) is 36.1 Å². The molecule has 1 amide bonds. The molecule has 0 aromatic carbocycles. The van der Waals surface area contributed by atoms with E-state index in [4.69, 9.17) is 9.47 Å². The Hall–Kier alpha value is -3.45. The zero-order valence-corrected chi connectivity index (χ0v) is 21.6. The summed E-state index contributed by atoms with van der Waals surface area (Å²) in [7, 11) is 1.46. The number of nitrogens with one attached hydrogen (secondary N) is 2. The van der Waals surface area contributed by atoms with Gasteiger partial charge in [0, 0.05) is 50.5 Å². The van der Waals surface area contributed by atoms with Gasteiger partial charge in [-0.15, -0.1) is 0 Å². The molecule has 1 aliphatic carbocycles. The number of rotatable bonds is 6. The molecule has 5 heterocycles. The molecule has 3 aromatic rings. The molecule has 3 aromatic heterocycles. The number of H-pyrrole nitrogens is 1. The maximum Gasteiger partial charge on any atom is 0.418 e. The summed E-state index contributed by atoms with van der Waals surface area (Å²) in [5.41, 5.74) is 0.102. The predicted molar refractivity (Wildman–Crippen MR) is 136 cm³/mol. The minimum atomic E-state index is -4.51. The highest BCUT2D eigenvalue weighted by Crippen LogP contribution is 2.45. The third-order valence-corrected chi connectivity index (χ3v) is 7.69. The van der Waals surface area contributed by atoms with Gasteiger partial charge in [-0.2, -0.15) is 18.2 Å². The average Bonchev–Trinajstić information content (AvgIpc) is 3.70. The standard InChI is InChI=1S/C26H30F3N7O3/c1-38-19-12-16(24(37)36-6-4-17(5-7-36)35-8-10-39-11-9-35)13-30-22(19)33-25-32-21(15-2-3-15)20-18(26(27,28)29)14-31-23(20)34-25/h12-15,17H,2-11H2,1H3,(H2,30,31,32,33,34). The molecular weight excluding hydrogens is 515 g/mol. The molecule has 1 saturated carbocycles. The van der Waals surface area contributed by atoms with E-state index < -0.39 is 11.7 Å². The van der Waals surface area contributed by atoms with Gasteiger partial charge in [0.2, 0.25) is 5.95 Å². The number of methoxy groups -OCH3 is 1. The van der Waals surface area contributed by atoms with E-state index in [-0.39, 0.29) is 34.6 Å². The van der Waals surface area contributed by atoms with Crippen LogP contribution in [-0.2, 0) is 10.9 Å². The van der Waals surface area contributed by atoms with E-state index in [2.05, 4.69) is 30.2 Å². The lowest BCUT2D eigenvalue weighted by Crippen LogP contribution is -2.50. The van der Waals surface area contributed by atoms with Crippen LogP contribution >= 0.6 is 0 Å². The minimum absolute atomic E-state index is 0.00816. The first-order valence-corrected chi connectivity index (χ1v) is 13.2. The fourth-order valence-corrected chi connectivity index (χ4v) is 5.47. The lowest BCUT2D eigenvalue weighted by Gasteiger charge is -2.40. The second-order valence-corrected chi connectivity index (χ2v) is 10.2. The summed E-state index contributed by atoms with van der Waals surface area (Å²) in [6.45, 7) is 4.70. The number of fused-ring (bicyclic) bond motifs is 1. The van der Waals surface area contributed by atoms with Crippen LogP contribution in [0.15, 0.2) is 18.5 Å². The first-order valence-electron chi connectivity index (χ1n) is 13.2. The number of alkyl halides is 3. The van der Waals surface area contributed by atoms with Crippen molar-refractivity contribution in [2.24, 2.45) is 0 Å². The molecule has 10 nitrogen and oxygen atoms in total. The molecule has 0 atom stereocenters. The van der Waals surface area contributed by atoms with Gasteiger partial charge in [0.1, 0.15) is 5.65 Å². The number of carbonyl (C=O) groups is 1.